The summed E-state index contributed by atoms with van der Waals surface area (Å²) in [7, 11) is 0. The van der Waals surface area contributed by atoms with Crippen LogP contribution < -0.4 is 10.9 Å². The van der Waals surface area contributed by atoms with Crippen molar-refractivity contribution < 1.29 is 4.79 Å². The van der Waals surface area contributed by atoms with E-state index in [9.17, 15) is 9.59 Å². The van der Waals surface area contributed by atoms with Gasteiger partial charge in [0.15, 0.2) is 0 Å². The second kappa shape index (κ2) is 4.78. The van der Waals surface area contributed by atoms with E-state index in [2.05, 4.69) is 31.4 Å². The third-order valence-electron chi connectivity index (χ3n) is 2.66. The molecule has 5 nitrogen and oxygen atoms in total. The van der Waals surface area contributed by atoms with Gasteiger partial charge in [0, 0.05) is 16.9 Å². The molecule has 1 aromatic heterocycles. The van der Waals surface area contributed by atoms with Gasteiger partial charge in [-0.3, -0.25) is 9.59 Å². The molecule has 1 fully saturated rings. The lowest BCUT2D eigenvalue weighted by Gasteiger charge is -2.15. The molecular formula is C10H12BrN3O2. The Labute approximate surface area is 101 Å². The molecule has 0 saturated heterocycles. The van der Waals surface area contributed by atoms with Crippen LogP contribution >= 0.6 is 15.9 Å². The summed E-state index contributed by atoms with van der Waals surface area (Å²) in [6.07, 6.45) is 3.16. The van der Waals surface area contributed by atoms with Gasteiger partial charge < -0.3 is 5.32 Å². The number of hydrogen-bond donors (Lipinski definition) is 2. The zero-order chi connectivity index (χ0) is 11.5. The molecule has 2 N–H and O–H groups in total. The molecule has 0 aliphatic heterocycles. The second-order valence-corrected chi connectivity index (χ2v) is 5.01. The standard InChI is InChI=1S/C10H12BrN3O2/c11-6-2-1-3-7(6)12-10(16)8-4-5-9(15)14-13-8/h4-7H,1-3H2,(H,12,16)(H,14,15). The van der Waals surface area contributed by atoms with Crippen LogP contribution in [0.1, 0.15) is 29.8 Å². The van der Waals surface area contributed by atoms with Crippen LogP contribution in [0.2, 0.25) is 0 Å². The van der Waals surface area contributed by atoms with Crippen LogP contribution in [0.4, 0.5) is 0 Å². The van der Waals surface area contributed by atoms with Crippen LogP contribution in [0, 0.1) is 0 Å². The summed E-state index contributed by atoms with van der Waals surface area (Å²) in [5.41, 5.74) is -0.0676. The van der Waals surface area contributed by atoms with E-state index in [0.29, 0.717) is 4.83 Å². The van der Waals surface area contributed by atoms with Crippen molar-refractivity contribution in [1.29, 1.82) is 0 Å². The Balaban J connectivity index is 2.02. The lowest BCUT2D eigenvalue weighted by Crippen LogP contribution is -2.38. The van der Waals surface area contributed by atoms with E-state index in [4.69, 9.17) is 0 Å². The minimum absolute atomic E-state index is 0.154. The van der Waals surface area contributed by atoms with Gasteiger partial charge >= 0.3 is 0 Å². The summed E-state index contributed by atoms with van der Waals surface area (Å²) in [5.74, 6) is -0.243. The van der Waals surface area contributed by atoms with Crippen LogP contribution in [-0.2, 0) is 0 Å². The number of aromatic nitrogens is 2. The number of rotatable bonds is 2. The fraction of sp³-hybridized carbons (Fsp3) is 0.500. The highest BCUT2D eigenvalue weighted by Gasteiger charge is 2.26. The highest BCUT2D eigenvalue weighted by atomic mass is 79.9. The van der Waals surface area contributed by atoms with Gasteiger partial charge in [-0.15, -0.1) is 0 Å². The lowest BCUT2D eigenvalue weighted by molar-refractivity contribution is 0.0933. The first-order valence-corrected chi connectivity index (χ1v) is 6.09. The van der Waals surface area contributed by atoms with Gasteiger partial charge in [0.05, 0.1) is 0 Å². The second-order valence-electron chi connectivity index (χ2n) is 3.83. The summed E-state index contributed by atoms with van der Waals surface area (Å²) in [4.78, 5) is 22.9. The van der Waals surface area contributed by atoms with Crippen LogP contribution in [-0.4, -0.2) is 27.0 Å². The van der Waals surface area contributed by atoms with E-state index in [1.165, 1.54) is 12.1 Å². The van der Waals surface area contributed by atoms with E-state index < -0.39 is 0 Å². The third-order valence-corrected chi connectivity index (χ3v) is 3.76. The predicted molar refractivity (Wildman–Crippen MR) is 62.7 cm³/mol. The van der Waals surface area contributed by atoms with Crippen molar-refractivity contribution in [3.63, 3.8) is 0 Å². The van der Waals surface area contributed by atoms with Crippen molar-refractivity contribution in [3.8, 4) is 0 Å². The largest absolute Gasteiger partial charge is 0.347 e. The minimum Gasteiger partial charge on any atom is -0.347 e. The van der Waals surface area contributed by atoms with Crippen LogP contribution in [0.15, 0.2) is 16.9 Å². The Bertz CT molecular complexity index is 425. The number of carbonyl (C=O) groups excluding carboxylic acids is 1. The van der Waals surface area contributed by atoms with Crippen LogP contribution in [0.3, 0.4) is 0 Å². The molecule has 86 valence electrons. The Hall–Kier alpha value is -1.17. The summed E-state index contributed by atoms with van der Waals surface area (Å²) < 4.78 is 0. The van der Waals surface area contributed by atoms with Crippen molar-refractivity contribution in [2.45, 2.75) is 30.1 Å². The number of nitrogens with one attached hydrogen (secondary N) is 2. The molecule has 6 heteroatoms. The smallest absolute Gasteiger partial charge is 0.271 e. The Morgan fingerprint density at radius 2 is 2.31 bits per heavy atom. The number of nitrogens with zero attached hydrogens (tertiary/aromatic N) is 1. The molecule has 16 heavy (non-hydrogen) atoms. The van der Waals surface area contributed by atoms with Crippen LogP contribution in [0.5, 0.6) is 0 Å². The SMILES string of the molecule is O=C(NC1CCCC1Br)c1ccc(=O)[nH]n1. The van der Waals surface area contributed by atoms with Gasteiger partial charge in [0.25, 0.3) is 11.5 Å². The number of amides is 1. The quantitative estimate of drug-likeness (QED) is 0.790. The normalized spacial score (nSPS) is 24.3. The molecule has 1 aromatic rings. The van der Waals surface area contributed by atoms with Crippen molar-refractivity contribution in [2.24, 2.45) is 0 Å². The molecule has 2 atom stereocenters. The molecule has 2 unspecified atom stereocenters. The molecule has 0 radical (unpaired) electrons. The summed E-state index contributed by atoms with van der Waals surface area (Å²) >= 11 is 3.52. The number of hydrogen-bond acceptors (Lipinski definition) is 3. The van der Waals surface area contributed by atoms with Crippen molar-refractivity contribution >= 4 is 21.8 Å². The highest BCUT2D eigenvalue weighted by Crippen LogP contribution is 2.25. The van der Waals surface area contributed by atoms with E-state index >= 15 is 0 Å². The molecule has 1 saturated carbocycles. The summed E-state index contributed by atoms with van der Waals surface area (Å²) in [6.45, 7) is 0. The van der Waals surface area contributed by atoms with E-state index in [-0.39, 0.29) is 23.2 Å². The number of H-pyrrole nitrogens is 1. The molecule has 0 spiro atoms. The lowest BCUT2D eigenvalue weighted by atomic mass is 10.2. The molecule has 2 rings (SSSR count). The zero-order valence-corrected chi connectivity index (χ0v) is 10.2. The average molecular weight is 286 g/mol. The summed E-state index contributed by atoms with van der Waals surface area (Å²) in [5, 5.41) is 8.81. The molecule has 1 aliphatic rings. The number of aromatic amines is 1. The highest BCUT2D eigenvalue weighted by molar-refractivity contribution is 9.09. The van der Waals surface area contributed by atoms with Crippen molar-refractivity contribution in [2.75, 3.05) is 0 Å². The number of carbonyl (C=O) groups is 1. The van der Waals surface area contributed by atoms with Gasteiger partial charge in [-0.2, -0.15) is 5.10 Å². The predicted octanol–water partition coefficient (Wildman–Crippen LogP) is 0.816. The maximum absolute atomic E-state index is 11.7. The maximum atomic E-state index is 11.7. The monoisotopic (exact) mass is 285 g/mol. The van der Waals surface area contributed by atoms with Crippen molar-refractivity contribution in [1.82, 2.24) is 15.5 Å². The first-order chi connectivity index (χ1) is 7.66. The zero-order valence-electron chi connectivity index (χ0n) is 8.57. The van der Waals surface area contributed by atoms with Crippen molar-refractivity contribution in [3.05, 3.63) is 28.2 Å². The first kappa shape index (κ1) is 11.3. The van der Waals surface area contributed by atoms with E-state index in [0.717, 1.165) is 19.3 Å². The molecular weight excluding hydrogens is 274 g/mol. The fourth-order valence-corrected chi connectivity index (χ4v) is 2.51. The van der Waals surface area contributed by atoms with Gasteiger partial charge in [0.1, 0.15) is 5.69 Å². The topological polar surface area (TPSA) is 74.8 Å². The summed E-state index contributed by atoms with van der Waals surface area (Å²) in [6, 6.07) is 2.87. The molecule has 0 bridgehead atoms. The molecule has 1 heterocycles. The fourth-order valence-electron chi connectivity index (χ4n) is 1.79. The Morgan fingerprint density at radius 3 is 2.88 bits per heavy atom. The van der Waals surface area contributed by atoms with Gasteiger partial charge in [0.2, 0.25) is 0 Å². The average Bonchev–Trinajstić information content (AvgIpc) is 2.65. The van der Waals surface area contributed by atoms with Gasteiger partial charge in [-0.25, -0.2) is 5.10 Å². The van der Waals surface area contributed by atoms with Gasteiger partial charge in [-0.1, -0.05) is 22.4 Å². The number of alkyl halides is 1. The number of halogens is 1. The minimum atomic E-state index is -0.309. The Kier molecular flexibility index (Phi) is 3.38. The van der Waals surface area contributed by atoms with E-state index in [1.807, 2.05) is 0 Å². The van der Waals surface area contributed by atoms with E-state index in [1.54, 1.807) is 0 Å². The maximum Gasteiger partial charge on any atom is 0.271 e. The molecule has 1 amide bonds. The van der Waals surface area contributed by atoms with Gasteiger partial charge in [-0.05, 0) is 18.9 Å². The third kappa shape index (κ3) is 2.49. The van der Waals surface area contributed by atoms with Crippen LogP contribution in [0.25, 0.3) is 0 Å². The Morgan fingerprint density at radius 1 is 1.50 bits per heavy atom. The first-order valence-electron chi connectivity index (χ1n) is 5.17. The molecule has 0 aromatic carbocycles. The molecule has 1 aliphatic carbocycles.